The van der Waals surface area contributed by atoms with Crippen molar-refractivity contribution in [3.8, 4) is 0 Å². The third-order valence-electron chi connectivity index (χ3n) is 9.46. The Morgan fingerprint density at radius 1 is 0.660 bits per heavy atom. The summed E-state index contributed by atoms with van der Waals surface area (Å²) in [6, 6.07) is 0.131. The molecule has 2 unspecified atom stereocenters. The van der Waals surface area contributed by atoms with Crippen molar-refractivity contribution in [3.63, 3.8) is 0 Å². The zero-order valence-corrected chi connectivity index (χ0v) is 32.4. The first-order valence-corrected chi connectivity index (χ1v) is 18.3. The lowest BCUT2D eigenvalue weighted by Gasteiger charge is -2.48. The fraction of sp³-hybridized carbons (Fsp3) is 0.700. The molecule has 3 rings (SSSR count). The molecule has 0 aromatic rings. The van der Waals surface area contributed by atoms with E-state index in [4.69, 9.17) is 18.9 Å². The minimum absolute atomic E-state index is 0.0299. The van der Waals surface area contributed by atoms with Gasteiger partial charge >= 0.3 is 23.9 Å². The van der Waals surface area contributed by atoms with Gasteiger partial charge in [-0.05, 0) is 105 Å². The normalized spacial score (nSPS) is 23.8. The van der Waals surface area contributed by atoms with Crippen molar-refractivity contribution in [2.24, 2.45) is 33.5 Å². The van der Waals surface area contributed by atoms with Crippen LogP contribution in [0.4, 0.5) is 0 Å². The maximum Gasteiger partial charge on any atom is 0.324 e. The average Bonchev–Trinajstić information content (AvgIpc) is 2.94. The minimum Gasteiger partial charge on any atom is -0.465 e. The molecule has 0 bridgehead atoms. The zero-order valence-electron chi connectivity index (χ0n) is 32.4. The molecular weight excluding hydrogens is 636 g/mol. The van der Waals surface area contributed by atoms with Gasteiger partial charge < -0.3 is 29.6 Å². The summed E-state index contributed by atoms with van der Waals surface area (Å²) in [5.74, 6) is -4.54. The Labute approximate surface area is 299 Å². The van der Waals surface area contributed by atoms with Crippen LogP contribution in [0.15, 0.2) is 46.8 Å². The fourth-order valence-corrected chi connectivity index (χ4v) is 8.26. The first-order chi connectivity index (χ1) is 23.3. The Hall–Kier alpha value is -3.56. The summed E-state index contributed by atoms with van der Waals surface area (Å²) < 4.78 is 21.2. The van der Waals surface area contributed by atoms with Crippen LogP contribution < -0.4 is 10.6 Å². The van der Waals surface area contributed by atoms with Crippen LogP contribution in [-0.4, -0.2) is 62.9 Å². The predicted octanol–water partition coefficient (Wildman–Crippen LogP) is 6.72. The number of hydrogen-bond acceptors (Lipinski definition) is 10. The second kappa shape index (κ2) is 16.6. The molecule has 280 valence electrons. The van der Waals surface area contributed by atoms with Crippen LogP contribution in [0, 0.1) is 33.5 Å². The van der Waals surface area contributed by atoms with Crippen LogP contribution >= 0.6 is 0 Å². The van der Waals surface area contributed by atoms with E-state index in [1.165, 1.54) is 0 Å². The highest BCUT2D eigenvalue weighted by Gasteiger charge is 2.43. The Morgan fingerprint density at radius 2 is 1.06 bits per heavy atom. The molecule has 2 atom stereocenters. The second-order valence-corrected chi connectivity index (χ2v) is 16.6. The van der Waals surface area contributed by atoms with Crippen molar-refractivity contribution >= 4 is 23.9 Å². The van der Waals surface area contributed by atoms with E-state index < -0.39 is 35.7 Å². The van der Waals surface area contributed by atoms with Gasteiger partial charge in [0, 0.05) is 24.0 Å². The van der Waals surface area contributed by atoms with Gasteiger partial charge in [0.05, 0.1) is 26.4 Å². The summed E-state index contributed by atoms with van der Waals surface area (Å²) in [5, 5.41) is 7.48. The molecule has 10 heteroatoms. The van der Waals surface area contributed by atoms with Crippen molar-refractivity contribution in [2.45, 2.75) is 114 Å². The van der Waals surface area contributed by atoms with Crippen molar-refractivity contribution in [3.05, 3.63) is 46.8 Å². The maximum atomic E-state index is 13.0. The number of esters is 4. The highest BCUT2D eigenvalue weighted by molar-refractivity contribution is 5.99. The SMILES string of the molecule is CCOC(=O)C(C(=O)OCC)C1=CC(NCC2(C)CC(NC3=CC(C)(C)CC(C(C(=O)OCC)C(=O)OCC)=C3)CC(C)(C)C2)=CC(C)(C)C1. The Morgan fingerprint density at radius 3 is 1.48 bits per heavy atom. The molecule has 1 saturated carbocycles. The molecule has 0 saturated heterocycles. The first-order valence-electron chi connectivity index (χ1n) is 18.3. The number of rotatable bonds is 15. The molecule has 0 heterocycles. The van der Waals surface area contributed by atoms with Crippen LogP contribution in [0.5, 0.6) is 0 Å². The van der Waals surface area contributed by atoms with Gasteiger partial charge in [0.15, 0.2) is 11.8 Å². The van der Waals surface area contributed by atoms with Gasteiger partial charge in [0.2, 0.25) is 0 Å². The van der Waals surface area contributed by atoms with Gasteiger partial charge in [-0.1, -0.05) is 60.6 Å². The van der Waals surface area contributed by atoms with Crippen LogP contribution in [0.25, 0.3) is 0 Å². The third kappa shape index (κ3) is 11.2. The molecule has 0 aliphatic heterocycles. The van der Waals surface area contributed by atoms with Gasteiger partial charge in [-0.15, -0.1) is 0 Å². The van der Waals surface area contributed by atoms with Gasteiger partial charge in [0.25, 0.3) is 0 Å². The summed E-state index contributed by atoms with van der Waals surface area (Å²) >= 11 is 0. The lowest BCUT2D eigenvalue weighted by atomic mass is 9.62. The summed E-state index contributed by atoms with van der Waals surface area (Å²) in [4.78, 5) is 51.9. The lowest BCUT2D eigenvalue weighted by molar-refractivity contribution is -0.161. The lowest BCUT2D eigenvalue weighted by Crippen LogP contribution is -2.48. The van der Waals surface area contributed by atoms with Crippen LogP contribution in [0.1, 0.15) is 108 Å². The largest absolute Gasteiger partial charge is 0.465 e. The second-order valence-electron chi connectivity index (χ2n) is 16.6. The van der Waals surface area contributed by atoms with E-state index in [-0.39, 0.29) is 54.1 Å². The molecule has 2 N–H and O–H groups in total. The van der Waals surface area contributed by atoms with Gasteiger partial charge in [0.1, 0.15) is 0 Å². The van der Waals surface area contributed by atoms with E-state index >= 15 is 0 Å². The fourth-order valence-electron chi connectivity index (χ4n) is 8.26. The maximum absolute atomic E-state index is 13.0. The molecule has 3 aliphatic rings. The van der Waals surface area contributed by atoms with Gasteiger partial charge in [-0.2, -0.15) is 0 Å². The van der Waals surface area contributed by atoms with E-state index in [1.54, 1.807) is 27.7 Å². The van der Waals surface area contributed by atoms with Crippen molar-refractivity contribution in [2.75, 3.05) is 33.0 Å². The molecule has 0 amide bonds. The van der Waals surface area contributed by atoms with E-state index in [2.05, 4.69) is 71.3 Å². The van der Waals surface area contributed by atoms with E-state index in [0.717, 1.165) is 30.7 Å². The molecule has 50 heavy (non-hydrogen) atoms. The zero-order chi connectivity index (χ0) is 37.5. The monoisotopic (exact) mass is 698 g/mol. The van der Waals surface area contributed by atoms with Gasteiger partial charge in [-0.3, -0.25) is 19.2 Å². The molecule has 3 aliphatic carbocycles. The van der Waals surface area contributed by atoms with Crippen molar-refractivity contribution in [1.82, 2.24) is 10.6 Å². The number of carbonyl (C=O) groups is 4. The highest BCUT2D eigenvalue weighted by atomic mass is 16.6. The van der Waals surface area contributed by atoms with E-state index in [1.807, 2.05) is 12.2 Å². The van der Waals surface area contributed by atoms with Crippen molar-refractivity contribution in [1.29, 1.82) is 0 Å². The molecule has 0 radical (unpaired) electrons. The van der Waals surface area contributed by atoms with Crippen LogP contribution in [0.2, 0.25) is 0 Å². The predicted molar refractivity (Wildman–Crippen MR) is 193 cm³/mol. The Kier molecular flexibility index (Phi) is 13.6. The Balaban J connectivity index is 1.86. The summed E-state index contributed by atoms with van der Waals surface area (Å²) in [6.07, 6.45) is 12.1. The summed E-state index contributed by atoms with van der Waals surface area (Å²) in [5.41, 5.74) is 2.47. The number of carbonyl (C=O) groups excluding carboxylic acids is 4. The van der Waals surface area contributed by atoms with Gasteiger partial charge in [-0.25, -0.2) is 0 Å². The smallest absolute Gasteiger partial charge is 0.324 e. The Bertz CT molecular complexity index is 1370. The molecular formula is C40H62N2O8. The highest BCUT2D eigenvalue weighted by Crippen LogP contribution is 2.47. The number of hydrogen-bond donors (Lipinski definition) is 2. The quantitative estimate of drug-likeness (QED) is 0.108. The molecule has 10 nitrogen and oxygen atoms in total. The summed E-state index contributed by atoms with van der Waals surface area (Å²) in [7, 11) is 0. The number of nitrogens with one attached hydrogen (secondary N) is 2. The molecule has 0 aromatic heterocycles. The molecule has 1 fully saturated rings. The number of ether oxygens (including phenoxy) is 4. The molecule has 0 aromatic carbocycles. The standard InChI is InChI=1S/C40H62N2O8/c1-12-47-33(43)31(34(44)48-13-2)26-16-28(20-37(5,6)18-26)41-25-40(11)23-30(22-39(9,10)24-40)42-29-17-27(19-38(7,8)21-29)32(35(45)49-14-3)36(46)50-15-4/h16-17,20-21,30-32,41-42H,12-15,18-19,22-25H2,1-11H3. The van der Waals surface area contributed by atoms with Crippen LogP contribution in [-0.2, 0) is 38.1 Å². The van der Waals surface area contributed by atoms with E-state index in [0.29, 0.717) is 30.5 Å². The summed E-state index contributed by atoms with van der Waals surface area (Å²) in [6.45, 7) is 23.6. The topological polar surface area (TPSA) is 129 Å². The third-order valence-corrected chi connectivity index (χ3v) is 9.46. The average molecular weight is 699 g/mol. The minimum atomic E-state index is -1.10. The van der Waals surface area contributed by atoms with Crippen LogP contribution in [0.3, 0.4) is 0 Å². The number of allylic oxidation sites excluding steroid dienone is 4. The first kappa shape index (κ1) is 40.9. The molecule has 0 spiro atoms. The van der Waals surface area contributed by atoms with Crippen molar-refractivity contribution < 1.29 is 38.1 Å². The van der Waals surface area contributed by atoms with E-state index in [9.17, 15) is 19.2 Å².